The van der Waals surface area contributed by atoms with Gasteiger partial charge in [0.15, 0.2) is 9.84 Å². The predicted octanol–water partition coefficient (Wildman–Crippen LogP) is 3.01. The van der Waals surface area contributed by atoms with Crippen LogP contribution < -0.4 is 10.1 Å². The SMILES string of the molecule is CC(C)OC(=O)N1CCC(Oc2cc(Nc3ccc(S(C)(=O)=O)cc3)ncn2)CC1. The molecule has 2 heterocycles. The lowest BCUT2D eigenvalue weighted by atomic mass is 10.1. The van der Waals surface area contributed by atoms with Crippen molar-refractivity contribution in [3.8, 4) is 5.88 Å². The minimum Gasteiger partial charge on any atom is -0.474 e. The molecule has 0 unspecified atom stereocenters. The highest BCUT2D eigenvalue weighted by atomic mass is 32.2. The molecule has 0 aliphatic carbocycles. The van der Waals surface area contributed by atoms with E-state index in [-0.39, 0.29) is 23.2 Å². The molecular weight excluding hydrogens is 408 g/mol. The number of anilines is 2. The maximum Gasteiger partial charge on any atom is 0.410 e. The number of likely N-dealkylation sites (tertiary alicyclic amines) is 1. The zero-order valence-electron chi connectivity index (χ0n) is 17.2. The van der Waals surface area contributed by atoms with Crippen molar-refractivity contribution < 1.29 is 22.7 Å². The van der Waals surface area contributed by atoms with Crippen molar-refractivity contribution in [3.05, 3.63) is 36.7 Å². The fourth-order valence-corrected chi connectivity index (χ4v) is 3.64. The Morgan fingerprint density at radius 1 is 1.17 bits per heavy atom. The van der Waals surface area contributed by atoms with Crippen LogP contribution in [-0.2, 0) is 14.6 Å². The van der Waals surface area contributed by atoms with Crippen LogP contribution in [0.3, 0.4) is 0 Å². The molecule has 1 aliphatic rings. The van der Waals surface area contributed by atoms with Crippen molar-refractivity contribution in [1.82, 2.24) is 14.9 Å². The number of amides is 1. The number of carbonyl (C=O) groups is 1. The number of hydrogen-bond donors (Lipinski definition) is 1. The first-order chi connectivity index (χ1) is 14.2. The summed E-state index contributed by atoms with van der Waals surface area (Å²) in [4.78, 5) is 22.2. The van der Waals surface area contributed by atoms with E-state index in [1.165, 1.54) is 24.7 Å². The monoisotopic (exact) mass is 434 g/mol. The highest BCUT2D eigenvalue weighted by molar-refractivity contribution is 7.90. The molecular formula is C20H26N4O5S. The third kappa shape index (κ3) is 6.06. The molecule has 3 rings (SSSR count). The average molecular weight is 435 g/mol. The van der Waals surface area contributed by atoms with E-state index in [2.05, 4.69) is 15.3 Å². The number of sulfone groups is 1. The molecule has 10 heteroatoms. The first-order valence-electron chi connectivity index (χ1n) is 9.72. The molecule has 0 radical (unpaired) electrons. The molecule has 1 N–H and O–H groups in total. The molecule has 1 aromatic carbocycles. The van der Waals surface area contributed by atoms with Gasteiger partial charge in [-0.05, 0) is 38.1 Å². The molecule has 1 aliphatic heterocycles. The van der Waals surface area contributed by atoms with Crippen LogP contribution >= 0.6 is 0 Å². The number of carbonyl (C=O) groups excluding carboxylic acids is 1. The van der Waals surface area contributed by atoms with E-state index in [0.29, 0.717) is 43.3 Å². The summed E-state index contributed by atoms with van der Waals surface area (Å²) in [6, 6.07) is 8.10. The summed E-state index contributed by atoms with van der Waals surface area (Å²) in [7, 11) is -3.24. The molecule has 1 aromatic heterocycles. The Morgan fingerprint density at radius 2 is 1.83 bits per heavy atom. The van der Waals surface area contributed by atoms with Crippen molar-refractivity contribution >= 4 is 27.4 Å². The van der Waals surface area contributed by atoms with Crippen molar-refractivity contribution in [2.75, 3.05) is 24.7 Å². The molecule has 2 aromatic rings. The second kappa shape index (κ2) is 9.29. The Bertz CT molecular complexity index is 971. The smallest absolute Gasteiger partial charge is 0.410 e. The van der Waals surface area contributed by atoms with Crippen LogP contribution in [0, 0.1) is 0 Å². The van der Waals surface area contributed by atoms with Gasteiger partial charge in [-0.25, -0.2) is 23.2 Å². The molecule has 0 atom stereocenters. The number of nitrogens with one attached hydrogen (secondary N) is 1. The summed E-state index contributed by atoms with van der Waals surface area (Å²) in [5, 5.41) is 3.11. The van der Waals surface area contributed by atoms with Gasteiger partial charge < -0.3 is 19.7 Å². The number of aromatic nitrogens is 2. The lowest BCUT2D eigenvalue weighted by Crippen LogP contribution is -2.42. The molecule has 1 saturated heterocycles. The number of ether oxygens (including phenoxy) is 2. The summed E-state index contributed by atoms with van der Waals surface area (Å²) >= 11 is 0. The van der Waals surface area contributed by atoms with Gasteiger partial charge in [-0.15, -0.1) is 0 Å². The number of benzene rings is 1. The maximum absolute atomic E-state index is 12.0. The molecule has 0 saturated carbocycles. The van der Waals surface area contributed by atoms with Crippen LogP contribution in [0.2, 0.25) is 0 Å². The van der Waals surface area contributed by atoms with Crippen LogP contribution in [0.15, 0.2) is 41.6 Å². The van der Waals surface area contributed by atoms with E-state index in [4.69, 9.17) is 9.47 Å². The van der Waals surface area contributed by atoms with Gasteiger partial charge in [0.1, 0.15) is 18.2 Å². The quantitative estimate of drug-likeness (QED) is 0.739. The van der Waals surface area contributed by atoms with E-state index in [1.807, 2.05) is 13.8 Å². The molecule has 1 fully saturated rings. The number of piperidine rings is 1. The molecule has 9 nitrogen and oxygen atoms in total. The second-order valence-electron chi connectivity index (χ2n) is 7.40. The van der Waals surface area contributed by atoms with Crippen molar-refractivity contribution in [1.29, 1.82) is 0 Å². The van der Waals surface area contributed by atoms with E-state index in [0.717, 1.165) is 0 Å². The Morgan fingerprint density at radius 3 is 2.43 bits per heavy atom. The lowest BCUT2D eigenvalue weighted by molar-refractivity contribution is 0.0507. The first-order valence-corrected chi connectivity index (χ1v) is 11.6. The van der Waals surface area contributed by atoms with Gasteiger partial charge >= 0.3 is 6.09 Å². The fourth-order valence-electron chi connectivity index (χ4n) is 3.01. The lowest BCUT2D eigenvalue weighted by Gasteiger charge is -2.31. The summed E-state index contributed by atoms with van der Waals surface area (Å²) in [5.74, 6) is 0.966. The molecule has 162 valence electrons. The van der Waals surface area contributed by atoms with Gasteiger partial charge in [-0.1, -0.05) is 0 Å². The van der Waals surface area contributed by atoms with E-state index < -0.39 is 9.84 Å². The highest BCUT2D eigenvalue weighted by Gasteiger charge is 2.25. The van der Waals surface area contributed by atoms with Gasteiger partial charge in [0, 0.05) is 43.9 Å². The van der Waals surface area contributed by atoms with Gasteiger partial charge in [-0.2, -0.15) is 0 Å². The van der Waals surface area contributed by atoms with Crippen molar-refractivity contribution in [2.24, 2.45) is 0 Å². The van der Waals surface area contributed by atoms with Crippen molar-refractivity contribution in [2.45, 2.75) is 43.8 Å². The van der Waals surface area contributed by atoms with Crippen LogP contribution in [-0.4, -0.2) is 60.9 Å². The Labute approximate surface area is 176 Å². The third-order valence-corrected chi connectivity index (χ3v) is 5.65. The fraction of sp³-hybridized carbons (Fsp3) is 0.450. The summed E-state index contributed by atoms with van der Waals surface area (Å²) in [5.41, 5.74) is 0.698. The van der Waals surface area contributed by atoms with E-state index >= 15 is 0 Å². The largest absolute Gasteiger partial charge is 0.474 e. The number of hydrogen-bond acceptors (Lipinski definition) is 8. The van der Waals surface area contributed by atoms with Crippen molar-refractivity contribution in [3.63, 3.8) is 0 Å². The summed E-state index contributed by atoms with van der Waals surface area (Å²) in [6.45, 7) is 4.79. The Kier molecular flexibility index (Phi) is 6.76. The molecule has 1 amide bonds. The predicted molar refractivity (Wildman–Crippen MR) is 112 cm³/mol. The normalized spacial score (nSPS) is 15.1. The topological polar surface area (TPSA) is 111 Å². The summed E-state index contributed by atoms with van der Waals surface area (Å²) < 4.78 is 34.3. The Hall–Kier alpha value is -2.88. The zero-order chi connectivity index (χ0) is 21.7. The van der Waals surface area contributed by atoms with E-state index in [9.17, 15) is 13.2 Å². The minimum atomic E-state index is -3.24. The standard InChI is InChI=1S/C20H26N4O5S/c1-14(2)28-20(25)24-10-8-16(9-11-24)29-19-12-18(21-13-22-19)23-15-4-6-17(7-5-15)30(3,26)27/h4-7,12-14,16H,8-11H2,1-3H3,(H,21,22,23). The second-order valence-corrected chi connectivity index (χ2v) is 9.42. The van der Waals surface area contributed by atoms with Crippen LogP contribution in [0.1, 0.15) is 26.7 Å². The van der Waals surface area contributed by atoms with E-state index in [1.54, 1.807) is 23.1 Å². The van der Waals surface area contributed by atoms with Crippen LogP contribution in [0.5, 0.6) is 5.88 Å². The number of rotatable bonds is 6. The first kappa shape index (κ1) is 21.8. The van der Waals surface area contributed by atoms with Crippen LogP contribution in [0.25, 0.3) is 0 Å². The van der Waals surface area contributed by atoms with Crippen LogP contribution in [0.4, 0.5) is 16.3 Å². The minimum absolute atomic E-state index is 0.0510. The zero-order valence-corrected chi connectivity index (χ0v) is 18.1. The highest BCUT2D eigenvalue weighted by Crippen LogP contribution is 2.22. The summed E-state index contributed by atoms with van der Waals surface area (Å²) in [6.07, 6.45) is 3.46. The average Bonchev–Trinajstić information content (AvgIpc) is 2.68. The van der Waals surface area contributed by atoms with Gasteiger partial charge in [-0.3, -0.25) is 0 Å². The van der Waals surface area contributed by atoms with Gasteiger partial charge in [0.25, 0.3) is 0 Å². The third-order valence-electron chi connectivity index (χ3n) is 4.52. The Balaban J connectivity index is 1.55. The van der Waals surface area contributed by atoms with Gasteiger partial charge in [0.05, 0.1) is 11.0 Å². The maximum atomic E-state index is 12.0. The molecule has 0 spiro atoms. The molecule has 0 bridgehead atoms. The molecule has 30 heavy (non-hydrogen) atoms. The van der Waals surface area contributed by atoms with Gasteiger partial charge in [0.2, 0.25) is 5.88 Å². The number of nitrogens with zero attached hydrogens (tertiary/aromatic N) is 3.